The van der Waals surface area contributed by atoms with Gasteiger partial charge in [-0.25, -0.2) is 4.79 Å². The van der Waals surface area contributed by atoms with Crippen molar-refractivity contribution in [3.05, 3.63) is 32.6 Å². The number of fused-ring (bicyclic) bond motifs is 2. The first-order chi connectivity index (χ1) is 7.65. The second-order valence-corrected chi connectivity index (χ2v) is 4.23. The van der Waals surface area contributed by atoms with E-state index in [2.05, 4.69) is 4.98 Å². The van der Waals surface area contributed by atoms with Gasteiger partial charge in [-0.1, -0.05) is 0 Å². The van der Waals surface area contributed by atoms with Gasteiger partial charge in [-0.15, -0.1) is 0 Å². The first-order valence-corrected chi connectivity index (χ1v) is 5.24. The predicted octanol–water partition coefficient (Wildman–Crippen LogP) is -0.469. The van der Waals surface area contributed by atoms with Crippen LogP contribution in [0.5, 0.6) is 0 Å². The summed E-state index contributed by atoms with van der Waals surface area (Å²) in [5.41, 5.74) is -0.312. The van der Waals surface area contributed by atoms with E-state index >= 15 is 0 Å². The zero-order chi connectivity index (χ0) is 11.3. The van der Waals surface area contributed by atoms with Crippen molar-refractivity contribution in [2.45, 2.75) is 31.8 Å². The van der Waals surface area contributed by atoms with Crippen molar-refractivity contribution in [3.63, 3.8) is 0 Å². The summed E-state index contributed by atoms with van der Waals surface area (Å²) >= 11 is 0. The Morgan fingerprint density at radius 2 is 2.31 bits per heavy atom. The summed E-state index contributed by atoms with van der Waals surface area (Å²) in [6.45, 7) is 2.25. The number of ether oxygens (including phenoxy) is 2. The molecule has 2 aliphatic rings. The van der Waals surface area contributed by atoms with Crippen LogP contribution in [0.1, 0.15) is 18.2 Å². The summed E-state index contributed by atoms with van der Waals surface area (Å²) in [5.74, 6) is 0. The number of rotatable bonds is 1. The average molecular weight is 224 g/mol. The van der Waals surface area contributed by atoms with Crippen LogP contribution in [0.25, 0.3) is 0 Å². The third-order valence-electron chi connectivity index (χ3n) is 3.06. The van der Waals surface area contributed by atoms with Gasteiger partial charge < -0.3 is 9.47 Å². The van der Waals surface area contributed by atoms with Crippen molar-refractivity contribution in [3.8, 4) is 0 Å². The van der Waals surface area contributed by atoms with Crippen molar-refractivity contribution in [1.82, 2.24) is 9.55 Å². The molecule has 0 aliphatic carbocycles. The number of hydrogen-bond donors (Lipinski definition) is 1. The van der Waals surface area contributed by atoms with Crippen LogP contribution >= 0.6 is 0 Å². The zero-order valence-electron chi connectivity index (χ0n) is 8.80. The highest BCUT2D eigenvalue weighted by Crippen LogP contribution is 2.35. The molecule has 1 N–H and O–H groups in total. The van der Waals surface area contributed by atoms with Crippen molar-refractivity contribution >= 4 is 0 Å². The van der Waals surface area contributed by atoms with E-state index in [9.17, 15) is 9.59 Å². The Hall–Kier alpha value is -1.40. The molecule has 1 aromatic heterocycles. The molecule has 6 nitrogen and oxygen atoms in total. The Morgan fingerprint density at radius 3 is 2.94 bits per heavy atom. The van der Waals surface area contributed by atoms with Gasteiger partial charge in [0.1, 0.15) is 6.10 Å². The van der Waals surface area contributed by atoms with E-state index in [0.717, 1.165) is 6.42 Å². The molecule has 3 rings (SSSR count). The highest BCUT2D eigenvalue weighted by molar-refractivity contribution is 5.02. The van der Waals surface area contributed by atoms with Gasteiger partial charge in [0, 0.05) is 18.2 Å². The summed E-state index contributed by atoms with van der Waals surface area (Å²) in [6, 6.07) is 0. The third-order valence-corrected chi connectivity index (χ3v) is 3.06. The lowest BCUT2D eigenvalue weighted by Crippen LogP contribution is -2.38. The third kappa shape index (κ3) is 1.34. The predicted molar refractivity (Wildman–Crippen MR) is 54.3 cm³/mol. The van der Waals surface area contributed by atoms with Crippen LogP contribution in [0.4, 0.5) is 0 Å². The number of aromatic amines is 1. The van der Waals surface area contributed by atoms with E-state index in [1.54, 1.807) is 6.92 Å². The maximum atomic E-state index is 11.6. The van der Waals surface area contributed by atoms with Gasteiger partial charge in [0.25, 0.3) is 5.56 Å². The molecule has 3 heterocycles. The highest BCUT2D eigenvalue weighted by atomic mass is 16.6. The Kier molecular flexibility index (Phi) is 2.02. The van der Waals surface area contributed by atoms with Gasteiger partial charge in [-0.3, -0.25) is 14.3 Å². The Labute approximate surface area is 90.8 Å². The number of hydrogen-bond acceptors (Lipinski definition) is 4. The topological polar surface area (TPSA) is 73.3 Å². The van der Waals surface area contributed by atoms with E-state index < -0.39 is 11.9 Å². The maximum Gasteiger partial charge on any atom is 0.330 e. The van der Waals surface area contributed by atoms with Crippen molar-refractivity contribution < 1.29 is 9.47 Å². The van der Waals surface area contributed by atoms with Crippen molar-refractivity contribution in [2.75, 3.05) is 6.61 Å². The zero-order valence-corrected chi connectivity index (χ0v) is 8.80. The molecule has 3 unspecified atom stereocenters. The van der Waals surface area contributed by atoms with Gasteiger partial charge >= 0.3 is 5.69 Å². The van der Waals surface area contributed by atoms with E-state index in [1.807, 2.05) is 0 Å². The van der Waals surface area contributed by atoms with Crippen LogP contribution in [0.2, 0.25) is 0 Å². The minimum atomic E-state index is -0.447. The summed E-state index contributed by atoms with van der Waals surface area (Å²) in [5, 5.41) is 0. The molecule has 6 heteroatoms. The number of aryl methyl sites for hydroxylation is 1. The lowest BCUT2D eigenvalue weighted by Gasteiger charge is -2.24. The number of nitrogens with zero attached hydrogens (tertiary/aromatic N) is 1. The average Bonchev–Trinajstić information content (AvgIpc) is 2.84. The SMILES string of the molecule is Cc1cn(C2OC3COC2C3)c(=O)[nH]c1=O. The van der Waals surface area contributed by atoms with Gasteiger partial charge in [0.05, 0.1) is 12.7 Å². The molecule has 2 saturated heterocycles. The summed E-state index contributed by atoms with van der Waals surface area (Å²) in [7, 11) is 0. The molecule has 0 spiro atoms. The Bertz CT molecular complexity index is 532. The number of H-pyrrole nitrogens is 1. The lowest BCUT2D eigenvalue weighted by atomic mass is 10.2. The molecule has 0 aromatic carbocycles. The van der Waals surface area contributed by atoms with Crippen LogP contribution in [0.15, 0.2) is 15.8 Å². The second kappa shape index (κ2) is 3.29. The number of aromatic nitrogens is 2. The summed E-state index contributed by atoms with van der Waals surface area (Å²) in [6.07, 6.45) is 1.94. The van der Waals surface area contributed by atoms with E-state index in [4.69, 9.17) is 9.47 Å². The molecule has 1 aromatic rings. The first-order valence-electron chi connectivity index (χ1n) is 5.24. The van der Waals surface area contributed by atoms with Crippen molar-refractivity contribution in [2.24, 2.45) is 0 Å². The fourth-order valence-electron chi connectivity index (χ4n) is 2.22. The van der Waals surface area contributed by atoms with E-state index in [-0.39, 0.29) is 17.8 Å². The summed E-state index contributed by atoms with van der Waals surface area (Å²) < 4.78 is 12.5. The number of nitrogens with one attached hydrogen (secondary N) is 1. The van der Waals surface area contributed by atoms with Crippen LogP contribution in [0, 0.1) is 6.92 Å². The fourth-order valence-corrected chi connectivity index (χ4v) is 2.22. The molecule has 0 saturated carbocycles. The fraction of sp³-hybridized carbons (Fsp3) is 0.600. The molecular formula is C10H12N2O4. The van der Waals surface area contributed by atoms with Gasteiger partial charge in [-0.2, -0.15) is 0 Å². The largest absolute Gasteiger partial charge is 0.371 e. The van der Waals surface area contributed by atoms with E-state index in [1.165, 1.54) is 10.8 Å². The van der Waals surface area contributed by atoms with Crippen LogP contribution < -0.4 is 11.2 Å². The molecular weight excluding hydrogens is 212 g/mol. The molecule has 86 valence electrons. The normalized spacial score (nSPS) is 32.2. The van der Waals surface area contributed by atoms with Crippen molar-refractivity contribution in [1.29, 1.82) is 0 Å². The van der Waals surface area contributed by atoms with Gasteiger partial charge in [0.2, 0.25) is 0 Å². The maximum absolute atomic E-state index is 11.6. The Morgan fingerprint density at radius 1 is 1.50 bits per heavy atom. The lowest BCUT2D eigenvalue weighted by molar-refractivity contribution is -0.128. The van der Waals surface area contributed by atoms with Crippen LogP contribution in [0.3, 0.4) is 0 Å². The molecule has 2 fully saturated rings. The molecule has 16 heavy (non-hydrogen) atoms. The van der Waals surface area contributed by atoms with Gasteiger partial charge in [0.15, 0.2) is 6.23 Å². The quantitative estimate of drug-likeness (QED) is 0.700. The minimum Gasteiger partial charge on any atom is -0.371 e. The monoisotopic (exact) mass is 224 g/mol. The summed E-state index contributed by atoms with van der Waals surface area (Å²) in [4.78, 5) is 25.1. The molecule has 0 amide bonds. The minimum absolute atomic E-state index is 0.0759. The molecule has 2 aliphatic heterocycles. The molecule has 2 bridgehead atoms. The first kappa shape index (κ1) is 9.80. The standard InChI is InChI=1S/C10H12N2O4/c1-5-3-12(10(14)11-8(5)13)9-7-2-6(16-9)4-15-7/h3,6-7,9H,2,4H2,1H3,(H,11,13,14). The Balaban J connectivity index is 2.04. The highest BCUT2D eigenvalue weighted by Gasteiger charge is 2.43. The van der Waals surface area contributed by atoms with Crippen LogP contribution in [-0.2, 0) is 9.47 Å². The molecule has 0 radical (unpaired) electrons. The smallest absolute Gasteiger partial charge is 0.330 e. The van der Waals surface area contributed by atoms with E-state index in [0.29, 0.717) is 12.2 Å². The van der Waals surface area contributed by atoms with Gasteiger partial charge in [-0.05, 0) is 6.92 Å². The second-order valence-electron chi connectivity index (χ2n) is 4.23. The molecule has 3 atom stereocenters. The van der Waals surface area contributed by atoms with Crippen LogP contribution in [-0.4, -0.2) is 28.4 Å².